The average Bonchev–Trinajstić information content (AvgIpc) is 2.38. The molecule has 112 valence electrons. The average molecular weight is 304 g/mol. The van der Waals surface area contributed by atoms with Gasteiger partial charge < -0.3 is 10.6 Å². The van der Waals surface area contributed by atoms with Gasteiger partial charge >= 0.3 is 0 Å². The second-order valence-electron chi connectivity index (χ2n) is 4.23. The lowest BCUT2D eigenvalue weighted by atomic mass is 10.1. The molecule has 1 amide bonds. The zero-order valence-corrected chi connectivity index (χ0v) is 12.3. The number of benzene rings is 1. The molecule has 0 aliphatic rings. The lowest BCUT2D eigenvalue weighted by Crippen LogP contribution is -2.25. The maximum atomic E-state index is 13.6. The predicted molar refractivity (Wildman–Crippen MR) is 76.4 cm³/mol. The summed E-state index contributed by atoms with van der Waals surface area (Å²) in [6, 6.07) is 1.99. The van der Waals surface area contributed by atoms with Crippen molar-refractivity contribution in [2.45, 2.75) is 13.3 Å². The highest BCUT2D eigenvalue weighted by molar-refractivity contribution is 7.84. The Hall–Kier alpha value is -1.50. The molecule has 0 aliphatic carbocycles. The lowest BCUT2D eigenvalue weighted by molar-refractivity contribution is 0.0953. The van der Waals surface area contributed by atoms with Crippen molar-refractivity contribution in [3.8, 4) is 0 Å². The molecule has 4 nitrogen and oxygen atoms in total. The van der Waals surface area contributed by atoms with Crippen LogP contribution in [0.2, 0.25) is 0 Å². The summed E-state index contributed by atoms with van der Waals surface area (Å²) in [5.41, 5.74) is -0.301. The Morgan fingerprint density at radius 2 is 1.90 bits per heavy atom. The van der Waals surface area contributed by atoms with Gasteiger partial charge in [0.2, 0.25) is 0 Å². The predicted octanol–water partition coefficient (Wildman–Crippen LogP) is 1.90. The smallest absolute Gasteiger partial charge is 0.251 e. The molecule has 7 heteroatoms. The normalized spacial score (nSPS) is 12.0. The first kappa shape index (κ1) is 16.6. The van der Waals surface area contributed by atoms with E-state index in [0.717, 1.165) is 12.1 Å². The van der Waals surface area contributed by atoms with Crippen LogP contribution in [0.4, 0.5) is 14.5 Å². The van der Waals surface area contributed by atoms with Crippen LogP contribution in [0, 0.1) is 11.6 Å². The molecule has 0 bridgehead atoms. The molecular weight excluding hydrogens is 286 g/mol. The Morgan fingerprint density at radius 1 is 1.30 bits per heavy atom. The maximum Gasteiger partial charge on any atom is 0.251 e. The van der Waals surface area contributed by atoms with Gasteiger partial charge in [0.1, 0.15) is 17.3 Å². The topological polar surface area (TPSA) is 58.2 Å². The summed E-state index contributed by atoms with van der Waals surface area (Å²) in [5.74, 6) is -1.67. The van der Waals surface area contributed by atoms with Crippen molar-refractivity contribution < 1.29 is 17.8 Å². The summed E-state index contributed by atoms with van der Waals surface area (Å²) in [4.78, 5) is 11.7. The van der Waals surface area contributed by atoms with Crippen molar-refractivity contribution in [1.82, 2.24) is 5.32 Å². The third kappa shape index (κ3) is 4.88. The van der Waals surface area contributed by atoms with Gasteiger partial charge in [-0.2, -0.15) is 0 Å². The van der Waals surface area contributed by atoms with Gasteiger partial charge in [0, 0.05) is 41.5 Å². The standard InChI is InChI=1S/C13H18F2N2O2S/c1-3-16-12-10(14)7-9(8-11(12)15)13(18)17-5-4-6-20(2)19/h7-8,16H,3-6H2,1-2H3,(H,17,18). The minimum absolute atomic E-state index is 0.0701. The van der Waals surface area contributed by atoms with Crippen molar-refractivity contribution >= 4 is 22.4 Å². The highest BCUT2D eigenvalue weighted by Crippen LogP contribution is 2.20. The largest absolute Gasteiger partial charge is 0.381 e. The second kappa shape index (κ2) is 7.94. The molecule has 0 fully saturated rings. The van der Waals surface area contributed by atoms with Gasteiger partial charge in [-0.1, -0.05) is 0 Å². The number of amides is 1. The van der Waals surface area contributed by atoms with Crippen LogP contribution in [0.15, 0.2) is 12.1 Å². The quantitative estimate of drug-likeness (QED) is 0.756. The zero-order chi connectivity index (χ0) is 15.1. The summed E-state index contributed by atoms with van der Waals surface area (Å²) in [6.45, 7) is 2.42. The van der Waals surface area contributed by atoms with Gasteiger partial charge in [-0.05, 0) is 25.5 Å². The van der Waals surface area contributed by atoms with E-state index in [1.54, 1.807) is 13.2 Å². The maximum absolute atomic E-state index is 13.6. The molecule has 0 aliphatic heterocycles. The molecule has 1 rings (SSSR count). The molecule has 0 aromatic heterocycles. The van der Waals surface area contributed by atoms with E-state index in [4.69, 9.17) is 0 Å². The molecule has 1 aromatic rings. The lowest BCUT2D eigenvalue weighted by Gasteiger charge is -2.09. The summed E-state index contributed by atoms with van der Waals surface area (Å²) in [5, 5.41) is 5.09. The van der Waals surface area contributed by atoms with Crippen LogP contribution < -0.4 is 10.6 Å². The summed E-state index contributed by atoms with van der Waals surface area (Å²) >= 11 is 0. The second-order valence-corrected chi connectivity index (χ2v) is 5.79. The van der Waals surface area contributed by atoms with E-state index < -0.39 is 28.3 Å². The number of carbonyl (C=O) groups is 1. The number of hydrogen-bond acceptors (Lipinski definition) is 3. The van der Waals surface area contributed by atoms with Crippen molar-refractivity contribution in [1.29, 1.82) is 0 Å². The first-order valence-corrected chi connectivity index (χ1v) is 7.99. The summed E-state index contributed by atoms with van der Waals surface area (Å²) in [7, 11) is -0.917. The van der Waals surface area contributed by atoms with Gasteiger partial charge in [-0.3, -0.25) is 9.00 Å². The molecule has 0 spiro atoms. The molecule has 20 heavy (non-hydrogen) atoms. The van der Waals surface area contributed by atoms with Gasteiger partial charge in [-0.25, -0.2) is 8.78 Å². The van der Waals surface area contributed by atoms with E-state index in [-0.39, 0.29) is 11.3 Å². The highest BCUT2D eigenvalue weighted by atomic mass is 32.2. The fourth-order valence-corrected chi connectivity index (χ4v) is 2.18. The van der Waals surface area contributed by atoms with Crippen LogP contribution in [0.1, 0.15) is 23.7 Å². The summed E-state index contributed by atoms with van der Waals surface area (Å²) in [6.07, 6.45) is 2.13. The first-order chi connectivity index (χ1) is 9.45. The molecule has 0 saturated heterocycles. The molecule has 1 aromatic carbocycles. The van der Waals surface area contributed by atoms with Crippen LogP contribution in [0.25, 0.3) is 0 Å². The molecule has 0 saturated carbocycles. The van der Waals surface area contributed by atoms with E-state index in [1.807, 2.05) is 0 Å². The first-order valence-electron chi connectivity index (χ1n) is 6.26. The van der Waals surface area contributed by atoms with E-state index in [0.29, 0.717) is 25.3 Å². The molecular formula is C13H18F2N2O2S. The monoisotopic (exact) mass is 304 g/mol. The van der Waals surface area contributed by atoms with Crippen molar-refractivity contribution in [3.63, 3.8) is 0 Å². The highest BCUT2D eigenvalue weighted by Gasteiger charge is 2.14. The zero-order valence-electron chi connectivity index (χ0n) is 11.5. The number of halogens is 2. The minimum atomic E-state index is -0.917. The molecule has 0 radical (unpaired) electrons. The Bertz CT molecular complexity index is 486. The Kier molecular flexibility index (Phi) is 6.57. The van der Waals surface area contributed by atoms with E-state index >= 15 is 0 Å². The number of anilines is 1. The number of carbonyl (C=O) groups excluding carboxylic acids is 1. The third-order valence-electron chi connectivity index (χ3n) is 2.55. The van der Waals surface area contributed by atoms with Gasteiger partial charge in [-0.15, -0.1) is 0 Å². The molecule has 1 unspecified atom stereocenters. The van der Waals surface area contributed by atoms with E-state index in [9.17, 15) is 17.8 Å². The van der Waals surface area contributed by atoms with Crippen LogP contribution in [-0.2, 0) is 10.8 Å². The van der Waals surface area contributed by atoms with Crippen molar-refractivity contribution in [3.05, 3.63) is 29.3 Å². The van der Waals surface area contributed by atoms with Crippen LogP contribution >= 0.6 is 0 Å². The Balaban J connectivity index is 2.67. The van der Waals surface area contributed by atoms with Crippen LogP contribution in [0.5, 0.6) is 0 Å². The van der Waals surface area contributed by atoms with Crippen LogP contribution in [-0.4, -0.2) is 35.2 Å². The molecule has 1 atom stereocenters. The fraction of sp³-hybridized carbons (Fsp3) is 0.462. The Labute approximate surface area is 119 Å². The van der Waals surface area contributed by atoms with Gasteiger partial charge in [0.05, 0.1) is 0 Å². The number of nitrogens with one attached hydrogen (secondary N) is 2. The van der Waals surface area contributed by atoms with Crippen LogP contribution in [0.3, 0.4) is 0 Å². The van der Waals surface area contributed by atoms with E-state index in [2.05, 4.69) is 10.6 Å². The fourth-order valence-electron chi connectivity index (χ4n) is 1.63. The number of rotatable bonds is 7. The molecule has 0 heterocycles. The van der Waals surface area contributed by atoms with Gasteiger partial charge in [0.15, 0.2) is 0 Å². The minimum Gasteiger partial charge on any atom is -0.381 e. The van der Waals surface area contributed by atoms with Crippen molar-refractivity contribution in [2.24, 2.45) is 0 Å². The SMILES string of the molecule is CCNc1c(F)cc(C(=O)NCCCS(C)=O)cc1F. The third-order valence-corrected chi connectivity index (χ3v) is 3.42. The Morgan fingerprint density at radius 3 is 2.40 bits per heavy atom. The van der Waals surface area contributed by atoms with Gasteiger partial charge in [0.25, 0.3) is 5.91 Å². The van der Waals surface area contributed by atoms with E-state index in [1.165, 1.54) is 0 Å². The molecule has 2 N–H and O–H groups in total. The van der Waals surface area contributed by atoms with Crippen molar-refractivity contribution in [2.75, 3.05) is 30.4 Å². The summed E-state index contributed by atoms with van der Waals surface area (Å²) < 4.78 is 38.1. The number of hydrogen-bond donors (Lipinski definition) is 2.